The highest BCUT2D eigenvalue weighted by atomic mass is 19.4. The van der Waals surface area contributed by atoms with E-state index < -0.39 is 35.2 Å². The number of aromatic carboxylic acids is 1. The lowest BCUT2D eigenvalue weighted by molar-refractivity contribution is -0.275. The molecule has 4 fully saturated rings. The summed E-state index contributed by atoms with van der Waals surface area (Å²) in [4.78, 5) is 43.1. The van der Waals surface area contributed by atoms with Crippen LogP contribution in [-0.2, 0) is 22.7 Å². The van der Waals surface area contributed by atoms with Crippen molar-refractivity contribution in [3.63, 3.8) is 0 Å². The lowest BCUT2D eigenvalue weighted by Gasteiger charge is -2.51. The zero-order valence-electron chi connectivity index (χ0n) is 30.4. The Bertz CT molecular complexity index is 1970. The number of carboxylic acid groups (broad SMARTS) is 1. The number of carbonyl (C=O) groups excluding carboxylic acids is 2. The van der Waals surface area contributed by atoms with E-state index in [9.17, 15) is 45.8 Å². The first-order valence-corrected chi connectivity index (χ1v) is 18.3. The minimum absolute atomic E-state index is 0.00638. The van der Waals surface area contributed by atoms with Crippen molar-refractivity contribution in [2.24, 2.45) is 22.7 Å². The van der Waals surface area contributed by atoms with Crippen LogP contribution in [0.3, 0.4) is 0 Å². The summed E-state index contributed by atoms with van der Waals surface area (Å²) in [6.07, 6.45) is -1.81. The van der Waals surface area contributed by atoms with E-state index >= 15 is 0 Å². The number of hydrogen-bond acceptors (Lipinski definition) is 6. The SMILES string of the molecule is CC1(C)CC1C(=O)N1CC2(CN(C(=O)c3cnn(Cc4ccc(F)cc4OC(F)(F)F)c3)CC2COCc2cccc(C3CCC(F)(F)CC3)c2C(=O)O)C1. The Morgan fingerprint density at radius 2 is 1.69 bits per heavy atom. The molecule has 2 aromatic carbocycles. The lowest BCUT2D eigenvalue weighted by atomic mass is 9.71. The van der Waals surface area contributed by atoms with Gasteiger partial charge < -0.3 is 24.4 Å². The Morgan fingerprint density at radius 1 is 1.00 bits per heavy atom. The van der Waals surface area contributed by atoms with Gasteiger partial charge in [-0.1, -0.05) is 38.1 Å². The number of aromatic nitrogens is 2. The van der Waals surface area contributed by atoms with Crippen LogP contribution in [-0.4, -0.2) is 87.5 Å². The number of amides is 2. The second kappa shape index (κ2) is 14.2. The first-order chi connectivity index (χ1) is 25.8. The standard InChI is InChI=1S/C39H42F6N4O6/c1-36(2)13-30(36)34(51)48-21-37(22-48)20-47(33(50)26-14-46-49(16-26)15-24-6-7-28(40)12-31(24)55-39(43,44)45)17-27(37)19-54-18-25-4-3-5-29(32(25)35(52)53)23-8-10-38(41,42)11-9-23/h3-7,12,14,16,23,27,30H,8-11,13,15,17-22H2,1-2H3,(H,52,53). The number of nitrogens with zero attached hydrogens (tertiary/aromatic N) is 4. The fraction of sp³-hybridized carbons (Fsp3) is 0.538. The van der Waals surface area contributed by atoms with E-state index in [1.165, 1.54) is 17.1 Å². The maximum absolute atomic E-state index is 13.9. The molecule has 2 atom stereocenters. The average molecular weight is 777 g/mol. The second-order valence-corrected chi connectivity index (χ2v) is 16.2. The van der Waals surface area contributed by atoms with Gasteiger partial charge in [0.05, 0.1) is 37.1 Å². The van der Waals surface area contributed by atoms with Gasteiger partial charge in [-0.3, -0.25) is 14.3 Å². The molecule has 0 radical (unpaired) electrons. The molecule has 2 aliphatic heterocycles. The summed E-state index contributed by atoms with van der Waals surface area (Å²) < 4.78 is 91.9. The third-order valence-corrected chi connectivity index (χ3v) is 11.8. The van der Waals surface area contributed by atoms with Crippen LogP contribution in [0.25, 0.3) is 0 Å². The maximum Gasteiger partial charge on any atom is 0.573 e. The summed E-state index contributed by atoms with van der Waals surface area (Å²) in [7, 11) is 0. The van der Waals surface area contributed by atoms with Crippen LogP contribution in [0.5, 0.6) is 5.75 Å². The average Bonchev–Trinajstić information content (AvgIpc) is 3.38. The predicted octanol–water partition coefficient (Wildman–Crippen LogP) is 7.12. The molecule has 1 aromatic heterocycles. The molecule has 2 amide bonds. The molecular weight excluding hydrogens is 734 g/mol. The Kier molecular flexibility index (Phi) is 9.96. The zero-order valence-corrected chi connectivity index (χ0v) is 30.4. The first-order valence-electron chi connectivity index (χ1n) is 18.3. The molecule has 16 heteroatoms. The second-order valence-electron chi connectivity index (χ2n) is 16.2. The Morgan fingerprint density at radius 3 is 2.35 bits per heavy atom. The number of rotatable bonds is 11. The number of carboxylic acids is 1. The summed E-state index contributed by atoms with van der Waals surface area (Å²) in [5, 5.41) is 14.3. The summed E-state index contributed by atoms with van der Waals surface area (Å²) >= 11 is 0. The van der Waals surface area contributed by atoms with Crippen molar-refractivity contribution in [3.05, 3.63) is 82.4 Å². The van der Waals surface area contributed by atoms with Gasteiger partial charge in [-0.2, -0.15) is 5.10 Å². The summed E-state index contributed by atoms with van der Waals surface area (Å²) in [6.45, 7) is 5.30. The quantitative estimate of drug-likeness (QED) is 0.206. The smallest absolute Gasteiger partial charge is 0.478 e. The minimum atomic E-state index is -5.04. The summed E-state index contributed by atoms with van der Waals surface area (Å²) in [5.74, 6) is -6.48. The van der Waals surface area contributed by atoms with Crippen molar-refractivity contribution in [3.8, 4) is 5.75 Å². The fourth-order valence-electron chi connectivity index (χ4n) is 8.55. The normalized spacial score (nSPS) is 22.8. The lowest BCUT2D eigenvalue weighted by Crippen LogP contribution is -2.63. The topological polar surface area (TPSA) is 114 Å². The van der Waals surface area contributed by atoms with Crippen molar-refractivity contribution in [1.29, 1.82) is 0 Å². The molecule has 3 heterocycles. The van der Waals surface area contributed by atoms with Gasteiger partial charge in [0, 0.05) is 74.1 Å². The van der Waals surface area contributed by atoms with Gasteiger partial charge in [0.25, 0.3) is 5.91 Å². The molecule has 2 saturated carbocycles. The van der Waals surface area contributed by atoms with Crippen LogP contribution in [0.4, 0.5) is 26.3 Å². The van der Waals surface area contributed by atoms with Crippen molar-refractivity contribution < 1.29 is 55.3 Å². The molecular formula is C39H42F6N4O6. The van der Waals surface area contributed by atoms with Crippen molar-refractivity contribution in [2.75, 3.05) is 32.8 Å². The molecule has 2 unspecified atom stereocenters. The van der Waals surface area contributed by atoms with Gasteiger partial charge in [-0.15, -0.1) is 13.2 Å². The fourth-order valence-corrected chi connectivity index (χ4v) is 8.55. The highest BCUT2D eigenvalue weighted by Gasteiger charge is 2.60. The van der Waals surface area contributed by atoms with Crippen molar-refractivity contribution >= 4 is 17.8 Å². The van der Waals surface area contributed by atoms with E-state index in [0.717, 1.165) is 18.6 Å². The van der Waals surface area contributed by atoms with E-state index in [4.69, 9.17) is 4.74 Å². The van der Waals surface area contributed by atoms with Gasteiger partial charge >= 0.3 is 12.3 Å². The zero-order chi connectivity index (χ0) is 39.5. The third kappa shape index (κ3) is 8.19. The van der Waals surface area contributed by atoms with Crippen molar-refractivity contribution in [2.45, 2.75) is 77.3 Å². The van der Waals surface area contributed by atoms with Crippen LogP contribution >= 0.6 is 0 Å². The molecule has 1 N–H and O–H groups in total. The monoisotopic (exact) mass is 776 g/mol. The molecule has 3 aromatic rings. The largest absolute Gasteiger partial charge is 0.573 e. The van der Waals surface area contributed by atoms with E-state index in [1.807, 2.05) is 13.8 Å². The molecule has 7 rings (SSSR count). The molecule has 10 nitrogen and oxygen atoms in total. The van der Waals surface area contributed by atoms with Gasteiger partial charge in [-0.05, 0) is 47.8 Å². The number of alkyl halides is 5. The molecule has 296 valence electrons. The van der Waals surface area contributed by atoms with E-state index in [2.05, 4.69) is 9.84 Å². The van der Waals surface area contributed by atoms with Crippen LogP contribution in [0.15, 0.2) is 48.8 Å². The molecule has 1 spiro atoms. The summed E-state index contributed by atoms with van der Waals surface area (Å²) in [6, 6.07) is 7.80. The highest BCUT2D eigenvalue weighted by Crippen LogP contribution is 2.55. The van der Waals surface area contributed by atoms with E-state index in [0.29, 0.717) is 36.8 Å². The Labute approximate surface area is 313 Å². The molecule has 2 aliphatic carbocycles. The minimum Gasteiger partial charge on any atom is -0.478 e. The van der Waals surface area contributed by atoms with Crippen LogP contribution in [0.2, 0.25) is 0 Å². The number of carbonyl (C=O) groups is 3. The van der Waals surface area contributed by atoms with Gasteiger partial charge in [-0.25, -0.2) is 18.0 Å². The Balaban J connectivity index is 1.05. The number of benzene rings is 2. The maximum atomic E-state index is 13.9. The van der Waals surface area contributed by atoms with Gasteiger partial charge in [0.1, 0.15) is 11.6 Å². The molecule has 0 bridgehead atoms. The first kappa shape index (κ1) is 38.7. The Hall–Kier alpha value is -4.60. The third-order valence-electron chi connectivity index (χ3n) is 11.8. The van der Waals surface area contributed by atoms with Crippen LogP contribution in [0.1, 0.15) is 89.3 Å². The number of halogens is 6. The molecule has 55 heavy (non-hydrogen) atoms. The number of hydrogen-bond donors (Lipinski definition) is 1. The van der Waals surface area contributed by atoms with Crippen LogP contribution in [0, 0.1) is 28.5 Å². The summed E-state index contributed by atoms with van der Waals surface area (Å²) in [5.41, 5.74) is 0.587. The molecule has 4 aliphatic rings. The van der Waals surface area contributed by atoms with Gasteiger partial charge in [0.2, 0.25) is 11.8 Å². The number of ether oxygens (including phenoxy) is 2. The predicted molar refractivity (Wildman–Crippen MR) is 184 cm³/mol. The molecule has 2 saturated heterocycles. The van der Waals surface area contributed by atoms with Crippen molar-refractivity contribution in [1.82, 2.24) is 19.6 Å². The number of likely N-dealkylation sites (tertiary alicyclic amines) is 2. The highest BCUT2D eigenvalue weighted by molar-refractivity contribution is 5.94. The van der Waals surface area contributed by atoms with Gasteiger partial charge in [0.15, 0.2) is 0 Å². The van der Waals surface area contributed by atoms with E-state index in [-0.39, 0.29) is 104 Å². The van der Waals surface area contributed by atoms with E-state index in [1.54, 1.807) is 28.0 Å². The van der Waals surface area contributed by atoms with Crippen LogP contribution < -0.4 is 4.74 Å².